The summed E-state index contributed by atoms with van der Waals surface area (Å²) in [5, 5.41) is -0.141. The second-order valence-corrected chi connectivity index (χ2v) is 2.93. The van der Waals surface area contributed by atoms with Gasteiger partial charge in [-0.25, -0.2) is 4.98 Å². The van der Waals surface area contributed by atoms with Crippen LogP contribution in [-0.2, 0) is 6.18 Å². The van der Waals surface area contributed by atoms with E-state index < -0.39 is 11.9 Å². The molecule has 1 rings (SSSR count). The number of hydrogen-bond acceptors (Lipinski definition) is 1. The van der Waals surface area contributed by atoms with Gasteiger partial charge in [0.25, 0.3) is 0 Å². The molecule has 0 saturated carbocycles. The van der Waals surface area contributed by atoms with Gasteiger partial charge in [-0.3, -0.25) is 0 Å². The van der Waals surface area contributed by atoms with E-state index in [1.54, 1.807) is 19.1 Å². The zero-order chi connectivity index (χ0) is 10.8. The topological polar surface area (TPSA) is 12.9 Å². The minimum absolute atomic E-state index is 0.141. The van der Waals surface area contributed by atoms with Gasteiger partial charge in [-0.15, -0.1) is 0 Å². The molecule has 0 atom stereocenters. The first-order valence-electron chi connectivity index (χ1n) is 3.81. The van der Waals surface area contributed by atoms with E-state index >= 15 is 0 Å². The van der Waals surface area contributed by atoms with Gasteiger partial charge < -0.3 is 0 Å². The highest BCUT2D eigenvalue weighted by molar-refractivity contribution is 6.30. The van der Waals surface area contributed by atoms with Crippen LogP contribution in [-0.4, -0.2) is 4.98 Å². The van der Waals surface area contributed by atoms with Gasteiger partial charge in [-0.1, -0.05) is 23.8 Å². The average Bonchev–Trinajstić information content (AvgIpc) is 2.07. The summed E-state index contributed by atoms with van der Waals surface area (Å²) in [6, 6.07) is 2.19. The van der Waals surface area contributed by atoms with Crippen LogP contribution in [0.15, 0.2) is 18.2 Å². The lowest BCUT2D eigenvalue weighted by atomic mass is 10.2. The molecule has 0 saturated heterocycles. The quantitative estimate of drug-likeness (QED) is 0.658. The maximum Gasteiger partial charge on any atom is 0.433 e. The van der Waals surface area contributed by atoms with Crippen molar-refractivity contribution in [3.8, 4) is 0 Å². The minimum atomic E-state index is -4.45. The van der Waals surface area contributed by atoms with Gasteiger partial charge in [-0.2, -0.15) is 13.2 Å². The Labute approximate surface area is 84.2 Å². The summed E-state index contributed by atoms with van der Waals surface area (Å²) >= 11 is 5.55. The molecule has 0 spiro atoms. The molecule has 76 valence electrons. The fourth-order valence-corrected chi connectivity index (χ4v) is 1.12. The molecule has 0 aliphatic heterocycles. The summed E-state index contributed by atoms with van der Waals surface area (Å²) in [7, 11) is 0. The van der Waals surface area contributed by atoms with Crippen LogP contribution in [0.25, 0.3) is 6.08 Å². The summed E-state index contributed by atoms with van der Waals surface area (Å²) in [6.07, 6.45) is -1.18. The molecule has 0 aliphatic carbocycles. The third-order valence-corrected chi connectivity index (χ3v) is 1.82. The van der Waals surface area contributed by atoms with Gasteiger partial charge in [0.05, 0.1) is 0 Å². The third-order valence-electron chi connectivity index (χ3n) is 1.51. The van der Waals surface area contributed by atoms with Crippen LogP contribution < -0.4 is 0 Å². The number of alkyl halides is 3. The SMILES string of the molecule is C/C=C/c1ccc(C(F)(F)F)nc1Cl. The van der Waals surface area contributed by atoms with Crippen LogP contribution in [0.1, 0.15) is 18.2 Å². The molecule has 1 nitrogen and oxygen atoms in total. The Hall–Kier alpha value is -1.03. The number of allylic oxidation sites excluding steroid dienone is 1. The molecule has 0 aromatic carbocycles. The Bertz CT molecular complexity index is 358. The number of aromatic nitrogens is 1. The van der Waals surface area contributed by atoms with E-state index in [1.165, 1.54) is 6.07 Å². The predicted molar refractivity (Wildman–Crippen MR) is 49.0 cm³/mol. The lowest BCUT2D eigenvalue weighted by Crippen LogP contribution is -2.07. The Morgan fingerprint density at radius 2 is 2.00 bits per heavy atom. The standard InChI is InChI=1S/C9H7ClF3N/c1-2-3-6-4-5-7(9(11,12)13)14-8(6)10/h2-5H,1H3/b3-2+. The van der Waals surface area contributed by atoms with Crippen LogP contribution in [0.4, 0.5) is 13.2 Å². The molecule has 14 heavy (non-hydrogen) atoms. The Morgan fingerprint density at radius 3 is 2.43 bits per heavy atom. The monoisotopic (exact) mass is 221 g/mol. The molecule has 0 amide bonds. The average molecular weight is 222 g/mol. The molecule has 0 fully saturated rings. The molecule has 1 aromatic heterocycles. The summed E-state index contributed by atoms with van der Waals surface area (Å²) in [4.78, 5) is 3.25. The molecule has 0 bridgehead atoms. The molecule has 5 heteroatoms. The molecule has 0 aliphatic rings. The Balaban J connectivity index is 3.13. The molecule has 1 aromatic rings. The first-order chi connectivity index (χ1) is 6.45. The zero-order valence-corrected chi connectivity index (χ0v) is 8.02. The maximum atomic E-state index is 12.1. The van der Waals surface area contributed by atoms with Crippen molar-refractivity contribution in [2.24, 2.45) is 0 Å². The van der Waals surface area contributed by atoms with Gasteiger partial charge in [-0.05, 0) is 19.1 Å². The Morgan fingerprint density at radius 1 is 1.36 bits per heavy atom. The van der Waals surface area contributed by atoms with Crippen LogP contribution in [0.2, 0.25) is 5.15 Å². The van der Waals surface area contributed by atoms with Crippen molar-refractivity contribution in [2.75, 3.05) is 0 Å². The van der Waals surface area contributed by atoms with Crippen molar-refractivity contribution in [2.45, 2.75) is 13.1 Å². The lowest BCUT2D eigenvalue weighted by Gasteiger charge is -2.06. The summed E-state index contributed by atoms with van der Waals surface area (Å²) < 4.78 is 36.4. The summed E-state index contributed by atoms with van der Waals surface area (Å²) in [5.74, 6) is 0. The highest BCUT2D eigenvalue weighted by Gasteiger charge is 2.32. The molecular weight excluding hydrogens is 215 g/mol. The van der Waals surface area contributed by atoms with Crippen molar-refractivity contribution in [3.05, 3.63) is 34.6 Å². The number of nitrogens with zero attached hydrogens (tertiary/aromatic N) is 1. The zero-order valence-electron chi connectivity index (χ0n) is 7.27. The van der Waals surface area contributed by atoms with Crippen molar-refractivity contribution < 1.29 is 13.2 Å². The number of pyridine rings is 1. The molecule has 1 heterocycles. The lowest BCUT2D eigenvalue weighted by molar-refractivity contribution is -0.141. The fraction of sp³-hybridized carbons (Fsp3) is 0.222. The highest BCUT2D eigenvalue weighted by atomic mass is 35.5. The normalized spacial score (nSPS) is 12.4. The van der Waals surface area contributed by atoms with Crippen LogP contribution in [0.5, 0.6) is 0 Å². The fourth-order valence-electron chi connectivity index (χ4n) is 0.907. The van der Waals surface area contributed by atoms with Crippen molar-refractivity contribution in [1.29, 1.82) is 0 Å². The van der Waals surface area contributed by atoms with Gasteiger partial charge in [0, 0.05) is 5.56 Å². The molecule has 0 radical (unpaired) electrons. The van der Waals surface area contributed by atoms with Crippen molar-refractivity contribution in [1.82, 2.24) is 4.98 Å². The first-order valence-corrected chi connectivity index (χ1v) is 4.19. The summed E-state index contributed by atoms with van der Waals surface area (Å²) in [6.45, 7) is 1.74. The van der Waals surface area contributed by atoms with E-state index in [2.05, 4.69) is 4.98 Å². The smallest absolute Gasteiger partial charge is 0.231 e. The number of rotatable bonds is 1. The maximum absolute atomic E-state index is 12.1. The minimum Gasteiger partial charge on any atom is -0.231 e. The van der Waals surface area contributed by atoms with E-state index in [4.69, 9.17) is 11.6 Å². The number of halogens is 4. The third kappa shape index (κ3) is 2.48. The Kier molecular flexibility index (Phi) is 3.16. The van der Waals surface area contributed by atoms with Crippen LogP contribution in [0.3, 0.4) is 0 Å². The number of hydrogen-bond donors (Lipinski definition) is 0. The van der Waals surface area contributed by atoms with E-state index in [1.807, 2.05) is 0 Å². The molecule has 0 unspecified atom stereocenters. The first kappa shape index (κ1) is 11.0. The van der Waals surface area contributed by atoms with E-state index in [9.17, 15) is 13.2 Å². The van der Waals surface area contributed by atoms with E-state index in [-0.39, 0.29) is 5.15 Å². The van der Waals surface area contributed by atoms with Crippen LogP contribution >= 0.6 is 11.6 Å². The van der Waals surface area contributed by atoms with Gasteiger partial charge in [0.2, 0.25) is 0 Å². The van der Waals surface area contributed by atoms with E-state index in [0.717, 1.165) is 6.07 Å². The predicted octanol–water partition coefficient (Wildman–Crippen LogP) is 3.79. The van der Waals surface area contributed by atoms with Gasteiger partial charge in [0.1, 0.15) is 10.8 Å². The second kappa shape index (κ2) is 4.00. The summed E-state index contributed by atoms with van der Waals surface area (Å²) in [5.41, 5.74) is -0.502. The van der Waals surface area contributed by atoms with Gasteiger partial charge >= 0.3 is 6.18 Å². The highest BCUT2D eigenvalue weighted by Crippen LogP contribution is 2.29. The van der Waals surface area contributed by atoms with Crippen molar-refractivity contribution >= 4 is 17.7 Å². The largest absolute Gasteiger partial charge is 0.433 e. The van der Waals surface area contributed by atoms with Crippen LogP contribution in [0, 0.1) is 0 Å². The second-order valence-electron chi connectivity index (χ2n) is 2.57. The van der Waals surface area contributed by atoms with Crippen molar-refractivity contribution in [3.63, 3.8) is 0 Å². The van der Waals surface area contributed by atoms with Gasteiger partial charge in [0.15, 0.2) is 0 Å². The molecular formula is C9H7ClF3N. The van der Waals surface area contributed by atoms with E-state index in [0.29, 0.717) is 5.56 Å². The molecule has 0 N–H and O–H groups in total.